The minimum absolute atomic E-state index is 0.201. The van der Waals surface area contributed by atoms with Gasteiger partial charge in [-0.15, -0.1) is 0 Å². The van der Waals surface area contributed by atoms with Gasteiger partial charge in [0.15, 0.2) is 0 Å². The third-order valence-corrected chi connectivity index (χ3v) is 4.08. The molecule has 0 bridgehead atoms. The first kappa shape index (κ1) is 6.88. The number of halogens is 1. The molecule has 1 fully saturated rings. The molecule has 0 saturated carbocycles. The molecule has 1 aliphatic heterocycles. The second-order valence-corrected chi connectivity index (χ2v) is 5.04. The SMILES string of the molecule is C[C@@H]1O[As](Cl)O[C@@H]1C. The van der Waals surface area contributed by atoms with Crippen molar-refractivity contribution in [1.29, 1.82) is 0 Å². The van der Waals surface area contributed by atoms with Crippen molar-refractivity contribution in [3.63, 3.8) is 0 Å². The maximum atomic E-state index is 5.60. The maximum absolute atomic E-state index is 5.60. The molecular formula is C4H8AsClO2. The van der Waals surface area contributed by atoms with Crippen LogP contribution in [0.4, 0.5) is 0 Å². The fourth-order valence-electron chi connectivity index (χ4n) is 0.458. The van der Waals surface area contributed by atoms with Crippen molar-refractivity contribution in [2.24, 2.45) is 0 Å². The summed E-state index contributed by atoms with van der Waals surface area (Å²) in [6, 6.07) is 0. The van der Waals surface area contributed by atoms with Gasteiger partial charge in [0.05, 0.1) is 0 Å². The van der Waals surface area contributed by atoms with Gasteiger partial charge in [-0.05, 0) is 0 Å². The average Bonchev–Trinajstić information content (AvgIpc) is 1.85. The van der Waals surface area contributed by atoms with E-state index in [1.165, 1.54) is 0 Å². The molecule has 3 atom stereocenters. The van der Waals surface area contributed by atoms with Gasteiger partial charge in [0, 0.05) is 0 Å². The Morgan fingerprint density at radius 2 is 1.62 bits per heavy atom. The molecule has 0 aromatic heterocycles. The van der Waals surface area contributed by atoms with E-state index in [1.54, 1.807) is 0 Å². The van der Waals surface area contributed by atoms with Crippen LogP contribution in [0, 0.1) is 0 Å². The Kier molecular flexibility index (Phi) is 2.21. The van der Waals surface area contributed by atoms with Crippen LogP contribution in [0.3, 0.4) is 0 Å². The van der Waals surface area contributed by atoms with Crippen LogP contribution in [0.1, 0.15) is 13.8 Å². The van der Waals surface area contributed by atoms with Crippen molar-refractivity contribution in [2.45, 2.75) is 26.1 Å². The molecule has 1 unspecified atom stereocenters. The van der Waals surface area contributed by atoms with Crippen molar-refractivity contribution < 1.29 is 7.45 Å². The summed E-state index contributed by atoms with van der Waals surface area (Å²) in [6.07, 6.45) is 0.403. The van der Waals surface area contributed by atoms with Gasteiger partial charge in [0.25, 0.3) is 0 Å². The first-order valence-electron chi connectivity index (χ1n) is 2.49. The van der Waals surface area contributed by atoms with Crippen LogP contribution in [0.5, 0.6) is 0 Å². The summed E-state index contributed by atoms with van der Waals surface area (Å²) >= 11 is -1.75. The summed E-state index contributed by atoms with van der Waals surface area (Å²) < 4.78 is 10.3. The van der Waals surface area contributed by atoms with Crippen LogP contribution in [0.15, 0.2) is 0 Å². The zero-order valence-corrected chi connectivity index (χ0v) is 7.43. The van der Waals surface area contributed by atoms with Crippen molar-refractivity contribution in [3.8, 4) is 0 Å². The summed E-state index contributed by atoms with van der Waals surface area (Å²) in [5.41, 5.74) is 0. The second-order valence-electron chi connectivity index (χ2n) is 1.83. The summed E-state index contributed by atoms with van der Waals surface area (Å²) in [5, 5.41) is 0. The standard InChI is InChI=1S/C4H8AsClO2/c1-3-4(2)8-5(6)7-3/h3-4H,1-2H3/t3-,4+,5?. The summed E-state index contributed by atoms with van der Waals surface area (Å²) in [6.45, 7) is 3.95. The number of rotatable bonds is 0. The quantitative estimate of drug-likeness (QED) is 0.542. The van der Waals surface area contributed by atoms with Crippen molar-refractivity contribution in [1.82, 2.24) is 0 Å². The molecule has 1 saturated heterocycles. The van der Waals surface area contributed by atoms with E-state index < -0.39 is 14.4 Å². The van der Waals surface area contributed by atoms with Crippen molar-refractivity contribution in [3.05, 3.63) is 0 Å². The van der Waals surface area contributed by atoms with Gasteiger partial charge >= 0.3 is 57.9 Å². The molecule has 0 N–H and O–H groups in total. The predicted octanol–water partition coefficient (Wildman–Crippen LogP) is 1.03. The molecule has 1 aliphatic rings. The van der Waals surface area contributed by atoms with E-state index in [4.69, 9.17) is 17.4 Å². The zero-order valence-electron chi connectivity index (χ0n) is 4.80. The predicted molar refractivity (Wildman–Crippen MR) is 32.7 cm³/mol. The van der Waals surface area contributed by atoms with E-state index in [9.17, 15) is 0 Å². The van der Waals surface area contributed by atoms with Gasteiger partial charge in [-0.1, -0.05) is 0 Å². The molecule has 1 heterocycles. The van der Waals surface area contributed by atoms with Gasteiger partial charge in [-0.25, -0.2) is 0 Å². The van der Waals surface area contributed by atoms with Gasteiger partial charge in [-0.2, -0.15) is 0 Å². The molecule has 0 spiro atoms. The van der Waals surface area contributed by atoms with Crippen molar-refractivity contribution >= 4 is 24.3 Å². The molecule has 0 aromatic rings. The molecule has 48 valence electrons. The molecule has 0 amide bonds. The Balaban J connectivity index is 2.39. The Bertz CT molecular complexity index is 80.1. The monoisotopic (exact) mass is 198 g/mol. The molecule has 0 radical (unpaired) electrons. The summed E-state index contributed by atoms with van der Waals surface area (Å²) in [7, 11) is 5.60. The molecule has 0 aliphatic carbocycles. The van der Waals surface area contributed by atoms with Gasteiger partial charge < -0.3 is 0 Å². The normalized spacial score (nSPS) is 47.6. The van der Waals surface area contributed by atoms with Crippen molar-refractivity contribution in [2.75, 3.05) is 0 Å². The Morgan fingerprint density at radius 3 is 1.75 bits per heavy atom. The second kappa shape index (κ2) is 2.57. The van der Waals surface area contributed by atoms with E-state index in [-0.39, 0.29) is 12.2 Å². The summed E-state index contributed by atoms with van der Waals surface area (Å²) in [4.78, 5) is 0. The molecule has 0 aromatic carbocycles. The Hall–Kier alpha value is 0.768. The zero-order chi connectivity index (χ0) is 6.15. The van der Waals surface area contributed by atoms with Crippen LogP contribution in [0.2, 0.25) is 0 Å². The third-order valence-electron chi connectivity index (χ3n) is 1.16. The van der Waals surface area contributed by atoms with E-state index in [0.29, 0.717) is 0 Å². The molecule has 2 nitrogen and oxygen atoms in total. The van der Waals surface area contributed by atoms with Crippen LogP contribution in [-0.2, 0) is 7.45 Å². The first-order chi connectivity index (χ1) is 3.70. The molecule has 1 rings (SSSR count). The topological polar surface area (TPSA) is 18.5 Å². The Morgan fingerprint density at radius 1 is 1.25 bits per heavy atom. The first-order valence-corrected chi connectivity index (χ1v) is 6.49. The van der Waals surface area contributed by atoms with Crippen LogP contribution < -0.4 is 0 Å². The number of hydrogen-bond acceptors (Lipinski definition) is 2. The third kappa shape index (κ3) is 1.38. The van der Waals surface area contributed by atoms with E-state index in [2.05, 4.69) is 0 Å². The fraction of sp³-hybridized carbons (Fsp3) is 1.00. The summed E-state index contributed by atoms with van der Waals surface area (Å²) in [5.74, 6) is 0. The van der Waals surface area contributed by atoms with Gasteiger partial charge in [0.1, 0.15) is 0 Å². The van der Waals surface area contributed by atoms with E-state index >= 15 is 0 Å². The van der Waals surface area contributed by atoms with Gasteiger partial charge in [-0.3, -0.25) is 0 Å². The molecule has 8 heavy (non-hydrogen) atoms. The van der Waals surface area contributed by atoms with Crippen LogP contribution in [0.25, 0.3) is 0 Å². The average molecular weight is 198 g/mol. The Labute approximate surface area is 58.2 Å². The number of hydrogen-bond donors (Lipinski definition) is 0. The fourth-order valence-corrected chi connectivity index (χ4v) is 3.68. The van der Waals surface area contributed by atoms with E-state index in [0.717, 1.165) is 0 Å². The van der Waals surface area contributed by atoms with E-state index in [1.807, 2.05) is 13.8 Å². The van der Waals surface area contributed by atoms with Gasteiger partial charge in [0.2, 0.25) is 0 Å². The molecule has 4 heteroatoms. The van der Waals surface area contributed by atoms with Crippen LogP contribution in [-0.4, -0.2) is 26.6 Å². The molecular weight excluding hydrogens is 190 g/mol. The minimum atomic E-state index is -1.75. The van der Waals surface area contributed by atoms with Crippen LogP contribution >= 0.6 is 9.95 Å².